The van der Waals surface area contributed by atoms with Crippen LogP contribution in [-0.4, -0.2) is 50.0 Å². The fraction of sp³-hybridized carbons (Fsp3) is 0.622. The van der Waals surface area contributed by atoms with E-state index in [1.165, 1.54) is 54.8 Å². The third-order valence-electron chi connectivity index (χ3n) is 11.4. The van der Waals surface area contributed by atoms with Crippen LogP contribution in [0.2, 0.25) is 0 Å². The molecule has 1 atom stereocenters. The molecule has 45 heavy (non-hydrogen) atoms. The zero-order valence-corrected chi connectivity index (χ0v) is 28.2. The lowest BCUT2D eigenvalue weighted by molar-refractivity contribution is -0.140. The summed E-state index contributed by atoms with van der Waals surface area (Å²) in [5, 5.41) is 3.22. The fourth-order valence-electron chi connectivity index (χ4n) is 9.49. The maximum atomic E-state index is 14.2. The quantitative estimate of drug-likeness (QED) is 0.307. The Kier molecular flexibility index (Phi) is 9.33. The molecule has 0 unspecified atom stereocenters. The number of carbonyl (C=O) groups excluding carboxylic acids is 2. The minimum absolute atomic E-state index is 0.121. The molecule has 0 aromatic heterocycles. The van der Waals surface area contributed by atoms with Gasteiger partial charge in [-0.05, 0) is 117 Å². The van der Waals surface area contributed by atoms with E-state index in [4.69, 9.17) is 0 Å². The van der Waals surface area contributed by atoms with Crippen molar-refractivity contribution in [3.8, 4) is 0 Å². The Hall–Kier alpha value is -2.87. The van der Waals surface area contributed by atoms with Crippen LogP contribution in [0, 0.1) is 24.7 Å². The smallest absolute Gasteiger partial charge is 0.244 e. The van der Waals surface area contributed by atoms with Crippen molar-refractivity contribution in [3.05, 3.63) is 65.2 Å². The molecule has 0 heterocycles. The summed E-state index contributed by atoms with van der Waals surface area (Å²) in [5.41, 5.74) is 3.99. The second kappa shape index (κ2) is 13.1. The van der Waals surface area contributed by atoms with Crippen molar-refractivity contribution in [2.75, 3.05) is 17.1 Å². The maximum Gasteiger partial charge on any atom is 0.244 e. The minimum atomic E-state index is -3.78. The van der Waals surface area contributed by atoms with Crippen molar-refractivity contribution < 1.29 is 18.0 Å². The lowest BCUT2D eigenvalue weighted by Crippen LogP contribution is -2.54. The van der Waals surface area contributed by atoms with Gasteiger partial charge in [-0.1, -0.05) is 62.6 Å². The van der Waals surface area contributed by atoms with Gasteiger partial charge in [-0.15, -0.1) is 0 Å². The summed E-state index contributed by atoms with van der Waals surface area (Å²) in [6.45, 7) is 3.80. The molecule has 5 aliphatic carbocycles. The number of amides is 2. The Labute approximate surface area is 270 Å². The average molecular weight is 634 g/mol. The second-order valence-corrected chi connectivity index (χ2v) is 16.6. The first-order valence-corrected chi connectivity index (χ1v) is 19.1. The van der Waals surface area contributed by atoms with E-state index < -0.39 is 16.1 Å². The number of rotatable bonds is 11. The number of carbonyl (C=O) groups is 2. The van der Waals surface area contributed by atoms with Gasteiger partial charge in [0.05, 0.1) is 11.9 Å². The molecule has 2 aromatic rings. The van der Waals surface area contributed by atoms with Crippen molar-refractivity contribution in [2.24, 2.45) is 17.8 Å². The van der Waals surface area contributed by atoms with E-state index in [1.54, 1.807) is 4.90 Å². The van der Waals surface area contributed by atoms with Crippen LogP contribution in [0.5, 0.6) is 0 Å². The maximum absolute atomic E-state index is 14.2. The van der Waals surface area contributed by atoms with Crippen molar-refractivity contribution in [1.29, 1.82) is 0 Å². The largest absolute Gasteiger partial charge is 0.352 e. The molecular formula is C37H51N3O4S. The minimum Gasteiger partial charge on any atom is -0.352 e. The van der Waals surface area contributed by atoms with Crippen molar-refractivity contribution in [3.63, 3.8) is 0 Å². The molecule has 0 spiro atoms. The Balaban J connectivity index is 1.25. The van der Waals surface area contributed by atoms with Crippen LogP contribution in [0.25, 0.3) is 0 Å². The number of sulfonamides is 1. The van der Waals surface area contributed by atoms with Gasteiger partial charge in [0, 0.05) is 12.6 Å². The van der Waals surface area contributed by atoms with Gasteiger partial charge in [-0.3, -0.25) is 13.9 Å². The Morgan fingerprint density at radius 2 is 1.51 bits per heavy atom. The first kappa shape index (κ1) is 32.1. The van der Waals surface area contributed by atoms with E-state index in [0.29, 0.717) is 12.1 Å². The van der Waals surface area contributed by atoms with E-state index in [-0.39, 0.29) is 36.4 Å². The highest BCUT2D eigenvalue weighted by Crippen LogP contribution is 2.60. The van der Waals surface area contributed by atoms with Crippen LogP contribution in [0.1, 0.15) is 101 Å². The third kappa shape index (κ3) is 6.96. The van der Waals surface area contributed by atoms with Gasteiger partial charge in [0.2, 0.25) is 21.8 Å². The second-order valence-electron chi connectivity index (χ2n) is 14.7. The zero-order valence-electron chi connectivity index (χ0n) is 27.3. The van der Waals surface area contributed by atoms with Gasteiger partial charge < -0.3 is 10.2 Å². The molecular weight excluding hydrogens is 582 g/mol. The molecule has 2 aromatic carbocycles. The Morgan fingerprint density at radius 3 is 2.07 bits per heavy atom. The molecule has 2 amide bonds. The van der Waals surface area contributed by atoms with Gasteiger partial charge in [0.1, 0.15) is 12.6 Å². The molecule has 0 radical (unpaired) electrons. The number of nitrogens with one attached hydrogen (secondary N) is 1. The van der Waals surface area contributed by atoms with Crippen molar-refractivity contribution in [1.82, 2.24) is 10.2 Å². The topological polar surface area (TPSA) is 86.8 Å². The normalized spacial score (nSPS) is 26.8. The molecule has 0 aliphatic heterocycles. The highest BCUT2D eigenvalue weighted by molar-refractivity contribution is 7.92. The molecule has 5 saturated carbocycles. The van der Waals surface area contributed by atoms with Gasteiger partial charge in [-0.2, -0.15) is 0 Å². The molecule has 1 N–H and O–H groups in total. The summed E-state index contributed by atoms with van der Waals surface area (Å²) >= 11 is 0. The number of aryl methyl sites for hydroxylation is 1. The van der Waals surface area contributed by atoms with Crippen LogP contribution in [-0.2, 0) is 31.6 Å². The van der Waals surface area contributed by atoms with Gasteiger partial charge >= 0.3 is 0 Å². The third-order valence-corrected chi connectivity index (χ3v) is 12.6. The zero-order chi connectivity index (χ0) is 31.8. The molecule has 0 saturated heterocycles. The number of hydrogen-bond acceptors (Lipinski definition) is 4. The predicted molar refractivity (Wildman–Crippen MR) is 179 cm³/mol. The number of anilines is 1. The lowest BCUT2D eigenvalue weighted by Gasteiger charge is -2.57. The predicted octanol–water partition coefficient (Wildman–Crippen LogP) is 6.49. The van der Waals surface area contributed by atoms with Crippen molar-refractivity contribution in [2.45, 2.75) is 115 Å². The summed E-state index contributed by atoms with van der Waals surface area (Å²) in [4.78, 5) is 29.5. The Morgan fingerprint density at radius 1 is 0.911 bits per heavy atom. The molecule has 4 bridgehead atoms. The molecule has 8 heteroatoms. The summed E-state index contributed by atoms with van der Waals surface area (Å²) in [5.74, 6) is 1.93. The van der Waals surface area contributed by atoms with Gasteiger partial charge in [0.15, 0.2) is 0 Å². The number of benzene rings is 2. The highest BCUT2D eigenvalue weighted by Gasteiger charge is 2.51. The molecule has 244 valence electrons. The highest BCUT2D eigenvalue weighted by atomic mass is 32.2. The summed E-state index contributed by atoms with van der Waals surface area (Å²) in [6, 6.07) is 15.3. The number of nitrogens with zero attached hydrogens (tertiary/aromatic N) is 2. The number of hydrogen-bond donors (Lipinski definition) is 1. The van der Waals surface area contributed by atoms with E-state index in [2.05, 4.69) is 17.4 Å². The van der Waals surface area contributed by atoms with Gasteiger partial charge in [0.25, 0.3) is 0 Å². The molecule has 5 aliphatic rings. The molecule has 7 nitrogen and oxygen atoms in total. The summed E-state index contributed by atoms with van der Waals surface area (Å²) in [7, 11) is -3.78. The fourth-order valence-corrected chi connectivity index (χ4v) is 10.3. The monoisotopic (exact) mass is 633 g/mol. The van der Waals surface area contributed by atoms with E-state index in [9.17, 15) is 18.0 Å². The summed E-state index contributed by atoms with van der Waals surface area (Å²) in [6.07, 6.45) is 14.7. The molecule has 7 rings (SSSR count). The van der Waals surface area contributed by atoms with E-state index in [1.807, 2.05) is 50.2 Å². The SMILES string of the molecule is CC[C@@H](C(=O)NC1CCCCC1)N(Cc1ccccc1C)C(=O)CN(c1ccc(C23CC4CC(CC(C4)C2)C3)cc1)S(C)(=O)=O. The van der Waals surface area contributed by atoms with Crippen LogP contribution in [0.3, 0.4) is 0 Å². The van der Waals surface area contributed by atoms with Crippen LogP contribution in [0.4, 0.5) is 5.69 Å². The Bertz CT molecular complexity index is 1450. The van der Waals surface area contributed by atoms with Crippen molar-refractivity contribution >= 4 is 27.5 Å². The standard InChI is InChI=1S/C37H51N3O4S/c1-4-34(36(42)38-32-12-6-5-7-13-32)39(24-30-11-9-8-10-26(30)2)35(41)25-40(45(3,43)44)33-16-14-31(15-17-33)37-21-27-18-28(22-37)20-29(19-27)23-37/h8-11,14-17,27-29,32,34H,4-7,12-13,18-25H2,1-3H3,(H,38,42)/t27?,28?,29?,34-,37?/m0/s1. The first-order chi connectivity index (χ1) is 21.5. The van der Waals surface area contributed by atoms with E-state index in [0.717, 1.165) is 60.8 Å². The average Bonchev–Trinajstić information content (AvgIpc) is 3.00. The van der Waals surface area contributed by atoms with Crippen LogP contribution >= 0.6 is 0 Å². The van der Waals surface area contributed by atoms with Crippen LogP contribution < -0.4 is 9.62 Å². The summed E-state index contributed by atoms with van der Waals surface area (Å²) < 4.78 is 27.7. The lowest BCUT2D eigenvalue weighted by atomic mass is 9.48. The van der Waals surface area contributed by atoms with Crippen LogP contribution in [0.15, 0.2) is 48.5 Å². The molecule has 5 fully saturated rings. The first-order valence-electron chi connectivity index (χ1n) is 17.3. The van der Waals surface area contributed by atoms with E-state index >= 15 is 0 Å². The van der Waals surface area contributed by atoms with Gasteiger partial charge in [-0.25, -0.2) is 8.42 Å².